The van der Waals surface area contributed by atoms with Gasteiger partial charge in [0, 0.05) is 11.8 Å². The second-order valence-electron chi connectivity index (χ2n) is 5.67. The lowest BCUT2D eigenvalue weighted by Gasteiger charge is -2.22. The Hall–Kier alpha value is -2.58. The van der Waals surface area contributed by atoms with E-state index in [1.54, 1.807) is 0 Å². The van der Waals surface area contributed by atoms with Gasteiger partial charge >= 0.3 is 0 Å². The molecule has 1 aliphatic rings. The van der Waals surface area contributed by atoms with Crippen molar-refractivity contribution < 1.29 is 0 Å². The quantitative estimate of drug-likeness (QED) is 0.837. The first-order valence-electron chi connectivity index (χ1n) is 7.18. The molecule has 0 aliphatic heterocycles. The second kappa shape index (κ2) is 5.08. The molecule has 0 aromatic heterocycles. The molecule has 0 spiro atoms. The van der Waals surface area contributed by atoms with Crippen LogP contribution in [0.2, 0.25) is 0 Å². The van der Waals surface area contributed by atoms with Crippen LogP contribution in [0.25, 0.3) is 0 Å². The summed E-state index contributed by atoms with van der Waals surface area (Å²) in [7, 11) is 0. The molecule has 1 aliphatic carbocycles. The van der Waals surface area contributed by atoms with Crippen molar-refractivity contribution in [2.75, 3.05) is 0 Å². The third kappa shape index (κ3) is 1.92. The molecule has 1 atom stereocenters. The van der Waals surface area contributed by atoms with Crippen molar-refractivity contribution in [3.63, 3.8) is 0 Å². The van der Waals surface area contributed by atoms with Crippen molar-refractivity contribution >= 4 is 0 Å². The van der Waals surface area contributed by atoms with E-state index in [2.05, 4.69) is 36.4 Å². The monoisotopic (exact) mass is 272 g/mol. The van der Waals surface area contributed by atoms with Crippen molar-refractivity contribution in [1.82, 2.24) is 0 Å². The van der Waals surface area contributed by atoms with Crippen LogP contribution in [0.1, 0.15) is 30.4 Å². The molecule has 3 rings (SSSR count). The summed E-state index contributed by atoms with van der Waals surface area (Å²) >= 11 is 0. The first-order valence-corrected chi connectivity index (χ1v) is 7.18. The van der Waals surface area contributed by atoms with Crippen LogP contribution in [0.3, 0.4) is 0 Å². The van der Waals surface area contributed by atoms with Gasteiger partial charge < -0.3 is 0 Å². The van der Waals surface area contributed by atoms with Gasteiger partial charge in [-0.25, -0.2) is 0 Å². The van der Waals surface area contributed by atoms with Gasteiger partial charge in [-0.15, -0.1) is 0 Å². The maximum atomic E-state index is 9.78. The summed E-state index contributed by atoms with van der Waals surface area (Å²) in [5, 5.41) is 18.7. The van der Waals surface area contributed by atoms with Crippen molar-refractivity contribution in [2.24, 2.45) is 5.41 Å². The smallest absolute Gasteiger partial charge is 0.0733 e. The van der Waals surface area contributed by atoms with Crippen LogP contribution in [0.4, 0.5) is 0 Å². The zero-order chi connectivity index (χ0) is 14.8. The zero-order valence-corrected chi connectivity index (χ0v) is 11.8. The van der Waals surface area contributed by atoms with Crippen LogP contribution in [0.5, 0.6) is 0 Å². The normalized spacial score (nSPS) is 22.0. The number of nitriles is 2. The van der Waals surface area contributed by atoms with E-state index in [-0.39, 0.29) is 5.41 Å². The molecule has 0 saturated heterocycles. The molecule has 0 radical (unpaired) electrons. The molecule has 0 N–H and O–H groups in total. The molecule has 21 heavy (non-hydrogen) atoms. The van der Waals surface area contributed by atoms with E-state index in [1.165, 1.54) is 11.1 Å². The average molecular weight is 272 g/mol. The van der Waals surface area contributed by atoms with Gasteiger partial charge in [0.15, 0.2) is 0 Å². The molecule has 0 amide bonds. The lowest BCUT2D eigenvalue weighted by Crippen LogP contribution is -2.19. The van der Waals surface area contributed by atoms with Crippen LogP contribution in [-0.4, -0.2) is 0 Å². The molecule has 2 aromatic carbocycles. The van der Waals surface area contributed by atoms with Crippen molar-refractivity contribution in [1.29, 1.82) is 10.5 Å². The summed E-state index contributed by atoms with van der Waals surface area (Å²) in [4.78, 5) is 0. The first kappa shape index (κ1) is 13.4. The topological polar surface area (TPSA) is 47.6 Å². The third-order valence-corrected chi connectivity index (χ3v) is 4.67. The van der Waals surface area contributed by atoms with Crippen LogP contribution in [-0.2, 0) is 5.41 Å². The van der Waals surface area contributed by atoms with E-state index < -0.39 is 5.41 Å². The molecular formula is C19H16N2. The SMILES string of the molecule is N#CCCC1(C#N)CC1(c1ccccc1)c1ccccc1. The van der Waals surface area contributed by atoms with Gasteiger partial charge in [-0.05, 0) is 24.0 Å². The molecule has 0 bridgehead atoms. The highest BCUT2D eigenvalue weighted by atomic mass is 14.7. The third-order valence-electron chi connectivity index (χ3n) is 4.67. The van der Waals surface area contributed by atoms with Crippen molar-refractivity contribution in [2.45, 2.75) is 24.7 Å². The number of nitrogens with zero attached hydrogens (tertiary/aromatic N) is 2. The second-order valence-corrected chi connectivity index (χ2v) is 5.67. The van der Waals surface area contributed by atoms with E-state index in [9.17, 15) is 5.26 Å². The number of hydrogen-bond acceptors (Lipinski definition) is 2. The van der Waals surface area contributed by atoms with Crippen LogP contribution >= 0.6 is 0 Å². The summed E-state index contributed by atoms with van der Waals surface area (Å²) in [5.74, 6) is 0. The largest absolute Gasteiger partial charge is 0.198 e. The van der Waals surface area contributed by atoms with Crippen molar-refractivity contribution in [3.05, 3.63) is 71.8 Å². The molecule has 1 unspecified atom stereocenters. The minimum absolute atomic E-state index is 0.263. The predicted molar refractivity (Wildman–Crippen MR) is 81.2 cm³/mol. The van der Waals surface area contributed by atoms with Crippen LogP contribution in [0.15, 0.2) is 60.7 Å². The molecule has 0 heterocycles. The molecule has 2 heteroatoms. The molecule has 1 saturated carbocycles. The summed E-state index contributed by atoms with van der Waals surface area (Å²) in [6.45, 7) is 0. The van der Waals surface area contributed by atoms with E-state index in [0.29, 0.717) is 12.8 Å². The van der Waals surface area contributed by atoms with Gasteiger partial charge in [0.1, 0.15) is 0 Å². The highest BCUT2D eigenvalue weighted by Gasteiger charge is 2.69. The fourth-order valence-corrected chi connectivity index (χ4v) is 3.54. The molecular weight excluding hydrogens is 256 g/mol. The lowest BCUT2D eigenvalue weighted by molar-refractivity contribution is 0.532. The van der Waals surface area contributed by atoms with Gasteiger partial charge in [-0.3, -0.25) is 0 Å². The van der Waals surface area contributed by atoms with Gasteiger partial charge in [-0.2, -0.15) is 10.5 Å². The van der Waals surface area contributed by atoms with Gasteiger partial charge in [0.2, 0.25) is 0 Å². The number of hydrogen-bond donors (Lipinski definition) is 0. The minimum Gasteiger partial charge on any atom is -0.198 e. The highest BCUT2D eigenvalue weighted by molar-refractivity contribution is 5.54. The van der Waals surface area contributed by atoms with Gasteiger partial charge in [0.05, 0.1) is 17.6 Å². The summed E-state index contributed by atoms with van der Waals surface area (Å²) in [5.41, 5.74) is 1.64. The summed E-state index contributed by atoms with van der Waals surface area (Å²) in [6, 6.07) is 25.2. The Kier molecular flexibility index (Phi) is 3.24. The fourth-order valence-electron chi connectivity index (χ4n) is 3.54. The Morgan fingerprint density at radius 2 is 1.38 bits per heavy atom. The molecule has 2 aromatic rings. The van der Waals surface area contributed by atoms with Gasteiger partial charge in [-0.1, -0.05) is 60.7 Å². The van der Waals surface area contributed by atoms with E-state index in [1.807, 2.05) is 36.4 Å². The highest BCUT2D eigenvalue weighted by Crippen LogP contribution is 2.69. The Morgan fingerprint density at radius 3 is 1.81 bits per heavy atom. The van der Waals surface area contributed by atoms with E-state index in [0.717, 1.165) is 6.42 Å². The minimum atomic E-state index is -0.453. The van der Waals surface area contributed by atoms with Crippen molar-refractivity contribution in [3.8, 4) is 12.1 Å². The first-order chi connectivity index (χ1) is 10.3. The Labute approximate surface area is 125 Å². The lowest BCUT2D eigenvalue weighted by atomic mass is 9.79. The van der Waals surface area contributed by atoms with Crippen LogP contribution < -0.4 is 0 Å². The Bertz CT molecular complexity index is 667. The standard InChI is InChI=1S/C19H16N2/c20-13-7-12-18(15-21)14-19(18,16-8-3-1-4-9-16)17-10-5-2-6-11-17/h1-6,8-11H,7,12,14H2. The summed E-state index contributed by atoms with van der Waals surface area (Å²) in [6.07, 6.45) is 1.85. The molecule has 2 nitrogen and oxygen atoms in total. The van der Waals surface area contributed by atoms with E-state index >= 15 is 0 Å². The zero-order valence-electron chi connectivity index (χ0n) is 11.8. The number of rotatable bonds is 4. The van der Waals surface area contributed by atoms with Crippen LogP contribution in [0, 0.1) is 28.1 Å². The molecule has 1 fully saturated rings. The Morgan fingerprint density at radius 1 is 0.857 bits per heavy atom. The maximum Gasteiger partial charge on any atom is 0.0733 e. The van der Waals surface area contributed by atoms with Gasteiger partial charge in [0.25, 0.3) is 0 Å². The van der Waals surface area contributed by atoms with E-state index in [4.69, 9.17) is 5.26 Å². The Balaban J connectivity index is 2.12. The number of benzene rings is 2. The maximum absolute atomic E-state index is 9.78. The average Bonchev–Trinajstić information content (AvgIpc) is 3.25. The fraction of sp³-hybridized carbons (Fsp3) is 0.263. The molecule has 102 valence electrons. The summed E-state index contributed by atoms with van der Waals surface area (Å²) < 4.78 is 0. The predicted octanol–water partition coefficient (Wildman–Crippen LogP) is 4.19.